The van der Waals surface area contributed by atoms with Gasteiger partial charge in [-0.1, -0.05) is 254 Å². The lowest BCUT2D eigenvalue weighted by Gasteiger charge is -2.18. The van der Waals surface area contributed by atoms with Crippen molar-refractivity contribution in [1.82, 2.24) is 0 Å². The molecule has 6 heteroatoms. The molecule has 0 aliphatic rings. The average molecular weight is 976 g/mol. The number of hydrogen-bond donors (Lipinski definition) is 0. The van der Waals surface area contributed by atoms with Gasteiger partial charge in [0.2, 0.25) is 0 Å². The minimum Gasteiger partial charge on any atom is -0.462 e. The van der Waals surface area contributed by atoms with Gasteiger partial charge in [0.25, 0.3) is 0 Å². The summed E-state index contributed by atoms with van der Waals surface area (Å²) < 4.78 is 16.9. The molecular weight excluding hydrogens is 865 g/mol. The highest BCUT2D eigenvalue weighted by atomic mass is 16.6. The maximum atomic E-state index is 12.8. The second-order valence-corrected chi connectivity index (χ2v) is 19.5. The number of esters is 3. The molecular formula is C64H110O6. The lowest BCUT2D eigenvalue weighted by atomic mass is 10.0. The molecule has 1 atom stereocenters. The van der Waals surface area contributed by atoms with Crippen LogP contribution in [0.3, 0.4) is 0 Å². The van der Waals surface area contributed by atoms with E-state index in [4.69, 9.17) is 14.2 Å². The van der Waals surface area contributed by atoms with Crippen LogP contribution >= 0.6 is 0 Å². The number of allylic oxidation sites excluding steroid dienone is 14. The molecule has 402 valence electrons. The molecule has 0 bridgehead atoms. The molecule has 0 N–H and O–H groups in total. The predicted molar refractivity (Wildman–Crippen MR) is 302 cm³/mol. The summed E-state index contributed by atoms with van der Waals surface area (Å²) in [6.07, 6.45) is 75.7. The minimum absolute atomic E-state index is 0.0823. The van der Waals surface area contributed by atoms with Crippen LogP contribution < -0.4 is 0 Å². The second kappa shape index (κ2) is 58.2. The summed E-state index contributed by atoms with van der Waals surface area (Å²) in [5.41, 5.74) is 0. The van der Waals surface area contributed by atoms with Crippen molar-refractivity contribution in [2.75, 3.05) is 13.2 Å². The highest BCUT2D eigenvalue weighted by Gasteiger charge is 2.19. The van der Waals surface area contributed by atoms with E-state index in [1.807, 2.05) is 0 Å². The third-order valence-corrected chi connectivity index (χ3v) is 12.6. The molecule has 0 saturated heterocycles. The summed E-state index contributed by atoms with van der Waals surface area (Å²) in [7, 11) is 0. The number of hydrogen-bond acceptors (Lipinski definition) is 6. The minimum atomic E-state index is -0.786. The van der Waals surface area contributed by atoms with Gasteiger partial charge in [0.15, 0.2) is 6.10 Å². The summed E-state index contributed by atoms with van der Waals surface area (Å²) in [5.74, 6) is -0.899. The molecule has 0 aromatic heterocycles. The van der Waals surface area contributed by atoms with Gasteiger partial charge in [-0.3, -0.25) is 14.4 Å². The quantitative estimate of drug-likeness (QED) is 0.0261. The number of unbranched alkanes of at least 4 members (excludes halogenated alkanes) is 28. The molecule has 0 fully saturated rings. The first kappa shape index (κ1) is 66.6. The van der Waals surface area contributed by atoms with Crippen LogP contribution in [0.15, 0.2) is 85.1 Å². The van der Waals surface area contributed by atoms with Crippen molar-refractivity contribution < 1.29 is 28.6 Å². The standard InChI is InChI=1S/C64H110O6/c1-4-7-10-13-16-19-22-25-27-28-29-30-31-32-33-34-35-36-38-39-42-45-48-51-54-57-63(66)69-60-61(59-68-62(65)56-53-50-47-44-41-24-21-18-15-12-9-6-3)70-64(67)58-55-52-49-46-43-40-37-26-23-20-17-14-11-8-5-2/h7,10,16,19,25-27,29-30,32-33,35-37,61H,4-6,8-9,11-15,17-18,20-24,28,31,34,38-60H2,1-3H3/b10-7-,19-16-,27-25-,30-29-,33-32-,36-35-,37-26-. The van der Waals surface area contributed by atoms with Gasteiger partial charge in [0.05, 0.1) is 0 Å². The molecule has 0 radical (unpaired) electrons. The van der Waals surface area contributed by atoms with Crippen LogP contribution in [0.1, 0.15) is 284 Å². The first-order valence-electron chi connectivity index (χ1n) is 29.6. The Morgan fingerprint density at radius 2 is 0.557 bits per heavy atom. The first-order chi connectivity index (χ1) is 34.5. The molecule has 0 aliphatic carbocycles. The Morgan fingerprint density at radius 3 is 0.886 bits per heavy atom. The van der Waals surface area contributed by atoms with Crippen molar-refractivity contribution in [3.8, 4) is 0 Å². The summed E-state index contributed by atoms with van der Waals surface area (Å²) >= 11 is 0. The van der Waals surface area contributed by atoms with Crippen molar-refractivity contribution in [1.29, 1.82) is 0 Å². The van der Waals surface area contributed by atoms with Gasteiger partial charge in [-0.15, -0.1) is 0 Å². The molecule has 0 saturated carbocycles. The van der Waals surface area contributed by atoms with E-state index >= 15 is 0 Å². The van der Waals surface area contributed by atoms with Crippen LogP contribution in [0, 0.1) is 0 Å². The highest BCUT2D eigenvalue weighted by molar-refractivity contribution is 5.71. The summed E-state index contributed by atoms with van der Waals surface area (Å²) in [6, 6.07) is 0. The Labute approximate surface area is 433 Å². The molecule has 0 aromatic rings. The molecule has 0 rings (SSSR count). The summed E-state index contributed by atoms with van der Waals surface area (Å²) in [6.45, 7) is 6.51. The normalized spacial score (nSPS) is 12.7. The van der Waals surface area contributed by atoms with Gasteiger partial charge in [-0.25, -0.2) is 0 Å². The van der Waals surface area contributed by atoms with E-state index < -0.39 is 6.10 Å². The number of carbonyl (C=O) groups is 3. The first-order valence-corrected chi connectivity index (χ1v) is 29.6. The maximum Gasteiger partial charge on any atom is 0.306 e. The molecule has 0 spiro atoms. The topological polar surface area (TPSA) is 78.9 Å². The van der Waals surface area contributed by atoms with E-state index in [9.17, 15) is 14.4 Å². The van der Waals surface area contributed by atoms with Crippen molar-refractivity contribution in [3.63, 3.8) is 0 Å². The van der Waals surface area contributed by atoms with Crippen molar-refractivity contribution in [2.45, 2.75) is 290 Å². The van der Waals surface area contributed by atoms with Gasteiger partial charge < -0.3 is 14.2 Å². The smallest absolute Gasteiger partial charge is 0.306 e. The van der Waals surface area contributed by atoms with E-state index in [2.05, 4.69) is 106 Å². The van der Waals surface area contributed by atoms with Crippen molar-refractivity contribution in [2.24, 2.45) is 0 Å². The molecule has 0 aromatic carbocycles. The lowest BCUT2D eigenvalue weighted by Crippen LogP contribution is -2.30. The molecule has 1 unspecified atom stereocenters. The molecule has 70 heavy (non-hydrogen) atoms. The monoisotopic (exact) mass is 975 g/mol. The molecule has 0 aliphatic heterocycles. The molecule has 6 nitrogen and oxygen atoms in total. The van der Waals surface area contributed by atoms with E-state index in [1.54, 1.807) is 0 Å². The lowest BCUT2D eigenvalue weighted by molar-refractivity contribution is -0.167. The van der Waals surface area contributed by atoms with E-state index in [-0.39, 0.29) is 31.1 Å². The zero-order valence-corrected chi connectivity index (χ0v) is 46.0. The maximum absolute atomic E-state index is 12.8. The summed E-state index contributed by atoms with van der Waals surface area (Å²) in [5, 5.41) is 0. The Balaban J connectivity index is 4.35. The van der Waals surface area contributed by atoms with Crippen LogP contribution in [-0.2, 0) is 28.6 Å². The third kappa shape index (κ3) is 55.5. The fourth-order valence-corrected chi connectivity index (χ4v) is 8.21. The van der Waals surface area contributed by atoms with E-state index in [0.29, 0.717) is 19.3 Å². The third-order valence-electron chi connectivity index (χ3n) is 12.6. The Kier molecular flexibility index (Phi) is 55.3. The SMILES string of the molecule is CC/C=C\C/C=C\C/C=C\C/C=C\C/C=C\C/C=C\CCCCCCCCC(=O)OCC(COC(=O)CCCCCCCCCCCCCC)OC(=O)CCCCCCC/C=C\CCCCCCCC. The Bertz CT molecular complexity index is 1350. The molecule has 0 amide bonds. The largest absolute Gasteiger partial charge is 0.462 e. The van der Waals surface area contributed by atoms with Gasteiger partial charge in [0.1, 0.15) is 13.2 Å². The zero-order chi connectivity index (χ0) is 50.7. The van der Waals surface area contributed by atoms with Crippen molar-refractivity contribution >= 4 is 17.9 Å². The predicted octanol–water partition coefficient (Wildman–Crippen LogP) is 19.9. The van der Waals surface area contributed by atoms with Gasteiger partial charge in [-0.2, -0.15) is 0 Å². The van der Waals surface area contributed by atoms with Gasteiger partial charge in [-0.05, 0) is 96.3 Å². The Morgan fingerprint density at radius 1 is 0.300 bits per heavy atom. The van der Waals surface area contributed by atoms with Gasteiger partial charge >= 0.3 is 17.9 Å². The van der Waals surface area contributed by atoms with Crippen molar-refractivity contribution in [3.05, 3.63) is 85.1 Å². The van der Waals surface area contributed by atoms with Gasteiger partial charge in [0, 0.05) is 19.3 Å². The zero-order valence-electron chi connectivity index (χ0n) is 46.0. The fraction of sp³-hybridized carbons (Fsp3) is 0.734. The number of ether oxygens (including phenoxy) is 3. The van der Waals surface area contributed by atoms with E-state index in [1.165, 1.54) is 122 Å². The average Bonchev–Trinajstić information content (AvgIpc) is 3.36. The van der Waals surface area contributed by atoms with Crippen LogP contribution in [-0.4, -0.2) is 37.2 Å². The Hall–Kier alpha value is -3.41. The second-order valence-electron chi connectivity index (χ2n) is 19.5. The number of rotatable bonds is 53. The highest BCUT2D eigenvalue weighted by Crippen LogP contribution is 2.15. The van der Waals surface area contributed by atoms with Crippen LogP contribution in [0.5, 0.6) is 0 Å². The van der Waals surface area contributed by atoms with E-state index in [0.717, 1.165) is 122 Å². The number of carbonyl (C=O) groups excluding carboxylic acids is 3. The summed E-state index contributed by atoms with van der Waals surface area (Å²) in [4.78, 5) is 38.1. The fourth-order valence-electron chi connectivity index (χ4n) is 8.21. The van der Waals surface area contributed by atoms with Crippen LogP contribution in [0.25, 0.3) is 0 Å². The molecule has 0 heterocycles. The van der Waals surface area contributed by atoms with Crippen LogP contribution in [0.2, 0.25) is 0 Å². The van der Waals surface area contributed by atoms with Crippen LogP contribution in [0.4, 0.5) is 0 Å².